The minimum Gasteiger partial charge on any atom is -0.201 e. The van der Waals surface area contributed by atoms with Crippen LogP contribution in [0, 0.1) is 68.2 Å². The number of rotatable bonds is 14. The molecule has 0 saturated heterocycles. The number of hydrogen-bond donors (Lipinski definition) is 0. The Morgan fingerprint density at radius 3 is 0.966 bits per heavy atom. The van der Waals surface area contributed by atoms with Gasteiger partial charge in [-0.05, 0) is 185 Å². The summed E-state index contributed by atoms with van der Waals surface area (Å²) >= 11 is 0. The highest BCUT2D eigenvalue weighted by molar-refractivity contribution is 6.90. The van der Waals surface area contributed by atoms with Crippen molar-refractivity contribution in [1.82, 2.24) is 0 Å². The molecule has 0 radical (unpaired) electrons. The Kier molecular flexibility index (Phi) is 25.1. The molecule has 0 spiro atoms. The van der Waals surface area contributed by atoms with Gasteiger partial charge in [-0.1, -0.05) is 174 Å². The van der Waals surface area contributed by atoms with Gasteiger partial charge in [-0.2, -0.15) is 0 Å². The van der Waals surface area contributed by atoms with Crippen LogP contribution in [0.2, 0.25) is 78.6 Å². The third-order valence-electron chi connectivity index (χ3n) is 18.2. The van der Waals surface area contributed by atoms with E-state index in [9.17, 15) is 0 Å². The Morgan fingerprint density at radius 2 is 0.652 bits per heavy atom. The van der Waals surface area contributed by atoms with Gasteiger partial charge in [-0.15, -0.1) is 0 Å². The summed E-state index contributed by atoms with van der Waals surface area (Å²) in [5.41, 5.74) is 27.5. The van der Waals surface area contributed by atoms with Crippen molar-refractivity contribution in [3.05, 3.63) is 189 Å². The number of aryl methyl sites for hydroxylation is 13. The fraction of sp³-hybridized carbons (Fsp3) is 0.457. The van der Waals surface area contributed by atoms with Crippen molar-refractivity contribution in [3.63, 3.8) is 0 Å². The number of hydrogen-bond acceptors (Lipinski definition) is 0. The predicted octanol–water partition coefficient (Wildman–Crippen LogP) is 17.9. The van der Waals surface area contributed by atoms with Crippen LogP contribution in [0.5, 0.6) is 0 Å². The topological polar surface area (TPSA) is 15.5 Å². The van der Waals surface area contributed by atoms with Crippen molar-refractivity contribution in [2.24, 2.45) is 34.1 Å². The minimum absolute atomic E-state index is 0.581. The molecule has 0 saturated carbocycles. The van der Waals surface area contributed by atoms with Crippen LogP contribution >= 0.6 is 0 Å². The summed E-state index contributed by atoms with van der Waals surface area (Å²) in [5.74, 6) is 1.95. The molecule has 4 nitrogen and oxygen atoms in total. The van der Waals surface area contributed by atoms with Crippen LogP contribution in [0.1, 0.15) is 133 Å². The molecule has 0 unspecified atom stereocenters. The Bertz CT molecular complexity index is 3760. The highest BCUT2D eigenvalue weighted by Gasteiger charge is 2.29. The maximum Gasteiger partial charge on any atom is 0.212 e. The van der Waals surface area contributed by atoms with E-state index in [0.717, 1.165) is 6.42 Å². The second-order valence-corrected chi connectivity index (χ2v) is 51.5. The van der Waals surface area contributed by atoms with E-state index in [1.807, 2.05) is 0 Å². The summed E-state index contributed by atoms with van der Waals surface area (Å²) in [6.07, 6.45) is 13.0. The Labute approximate surface area is 549 Å². The lowest BCUT2D eigenvalue weighted by Crippen LogP contribution is -2.46. The molecule has 0 bridgehead atoms. The fourth-order valence-corrected chi connectivity index (χ4v) is 20.5. The maximum absolute atomic E-state index is 2.43. The van der Waals surface area contributed by atoms with Crippen LogP contribution in [-0.2, 0) is 34.6 Å². The monoisotopic (exact) mass is 1260 g/mol. The maximum atomic E-state index is 2.43. The molecule has 0 fully saturated rings. The van der Waals surface area contributed by atoms with E-state index in [2.05, 4.69) is 351 Å². The molecule has 89 heavy (non-hydrogen) atoms. The normalized spacial score (nSPS) is 12.0. The van der Waals surface area contributed by atoms with Crippen LogP contribution in [0.4, 0.5) is 0 Å². The van der Waals surface area contributed by atoms with Crippen molar-refractivity contribution < 1.29 is 18.3 Å². The third kappa shape index (κ3) is 19.2. The molecule has 0 N–H and O–H groups in total. The average Bonchev–Trinajstić information content (AvgIpc) is 1.06. The molecule has 0 amide bonds. The second kappa shape index (κ2) is 30.2. The summed E-state index contributed by atoms with van der Waals surface area (Å²) in [7, 11) is 3.54. The van der Waals surface area contributed by atoms with Gasteiger partial charge in [-0.25, -0.2) is 18.3 Å². The average molecular weight is 1260 g/mol. The van der Waals surface area contributed by atoms with E-state index >= 15 is 0 Å². The first-order chi connectivity index (χ1) is 41.1. The summed E-state index contributed by atoms with van der Waals surface area (Å²) in [6, 6.07) is 37.1. The van der Waals surface area contributed by atoms with Crippen LogP contribution in [0.3, 0.4) is 0 Å². The number of pyridine rings is 4. The number of benzene rings is 4. The Balaban J connectivity index is 0.000000216. The number of nitrogens with zero attached hydrogens (tertiary/aromatic N) is 4. The van der Waals surface area contributed by atoms with Gasteiger partial charge in [0.1, 0.15) is 28.2 Å². The Morgan fingerprint density at radius 1 is 0.326 bits per heavy atom. The minimum atomic E-state index is -1.31. The lowest BCUT2D eigenvalue weighted by Gasteiger charge is -2.19. The molecule has 8 aromatic rings. The largest absolute Gasteiger partial charge is 0.212 e. The van der Waals surface area contributed by atoms with Crippen molar-refractivity contribution in [3.8, 4) is 45.0 Å². The van der Waals surface area contributed by atoms with Gasteiger partial charge in [0.05, 0.1) is 32.3 Å². The molecule has 4 aromatic heterocycles. The van der Waals surface area contributed by atoms with Crippen molar-refractivity contribution >= 4 is 53.0 Å². The first-order valence-electron chi connectivity index (χ1n) is 33.5. The number of aromatic nitrogens is 4. The lowest BCUT2D eigenvalue weighted by atomic mass is 9.90. The van der Waals surface area contributed by atoms with Crippen LogP contribution < -0.4 is 39.0 Å². The first-order valence-corrected chi connectivity index (χ1v) is 47.5. The van der Waals surface area contributed by atoms with Gasteiger partial charge < -0.3 is 0 Å². The van der Waals surface area contributed by atoms with Gasteiger partial charge in [0.15, 0.2) is 24.8 Å². The molecular weight excluding hydrogens is 1140 g/mol. The van der Waals surface area contributed by atoms with Gasteiger partial charge in [-0.3, -0.25) is 0 Å². The third-order valence-corrected chi connectivity index (χ3v) is 26.8. The predicted molar refractivity (Wildman–Crippen MR) is 403 cm³/mol. The van der Waals surface area contributed by atoms with Crippen molar-refractivity contribution in [2.75, 3.05) is 0 Å². The fourth-order valence-electron chi connectivity index (χ4n) is 13.2. The Hall–Kier alpha value is -5.65. The smallest absolute Gasteiger partial charge is 0.201 e. The molecule has 478 valence electrons. The van der Waals surface area contributed by atoms with Gasteiger partial charge in [0.25, 0.3) is 0 Å². The van der Waals surface area contributed by atoms with E-state index in [1.54, 1.807) is 20.7 Å². The molecule has 0 aliphatic heterocycles. The van der Waals surface area contributed by atoms with Crippen LogP contribution in [-0.4, -0.2) is 32.3 Å². The van der Waals surface area contributed by atoms with E-state index < -0.39 is 32.3 Å². The molecule has 4 aromatic carbocycles. The lowest BCUT2D eigenvalue weighted by molar-refractivity contribution is -0.659. The molecule has 0 aliphatic rings. The van der Waals surface area contributed by atoms with Gasteiger partial charge in [0.2, 0.25) is 22.8 Å². The standard InChI is InChI=1S/C22H34NSi.C21H32NSi.C20H30NSi.C18H26NSi/c1-9-18(10-2)19-12-11-16(3)20(14-19)21-13-17(4)22(15-23(21)5)24(6,7)8;1-15(2)11-18-9-10-19(16(3)12-18)20-13-17(4)21(14-22(20)5)23(6,7)8;1-14(2)17-9-10-18(15(3)11-17)19-12-16(4)20(13-21(19)5)22(6,7)8;1-13-8-9-16(14(2)10-13)17-11-15(3)18(12-19(17)4)20(5,6)7/h11-15,18H,9-10H2,1-8H3;9-10,12-15H,11H2,1-8H3;9-14H,1-8H3;8-12H,1-7H3/q4*+1. The van der Waals surface area contributed by atoms with Gasteiger partial charge >= 0.3 is 0 Å². The molecular formula is C81H122N4Si4+4. The van der Waals surface area contributed by atoms with E-state index in [4.69, 9.17) is 0 Å². The van der Waals surface area contributed by atoms with Gasteiger partial charge in [0, 0.05) is 67.3 Å². The summed E-state index contributed by atoms with van der Waals surface area (Å²) in [5, 5.41) is 6.21. The summed E-state index contributed by atoms with van der Waals surface area (Å²) in [6.45, 7) is 62.7. The SMILES string of the molecule is CCC(CC)c1ccc(C)c(-c2cc(C)c([Si](C)(C)C)c[n+]2C)c1.Cc1cc(C(C)C)ccc1-c1cc(C)c([Si](C)(C)C)c[n+]1C.Cc1cc(CC(C)C)ccc1-c1cc(C)c([Si](C)(C)C)c[n+]1C.Cc1ccc(-c2cc(C)c([Si](C)(C)C)c[n+]2C)c(C)c1. The highest BCUT2D eigenvalue weighted by Crippen LogP contribution is 2.31. The molecule has 0 atom stereocenters. The van der Waals surface area contributed by atoms with Crippen molar-refractivity contribution in [1.29, 1.82) is 0 Å². The zero-order chi connectivity index (χ0) is 67.2. The quantitative estimate of drug-likeness (QED) is 0.0762. The highest BCUT2D eigenvalue weighted by atomic mass is 28.3. The van der Waals surface area contributed by atoms with E-state index in [1.165, 1.54) is 125 Å². The summed E-state index contributed by atoms with van der Waals surface area (Å²) in [4.78, 5) is 0. The van der Waals surface area contributed by atoms with Crippen molar-refractivity contribution in [2.45, 2.75) is 214 Å². The zero-order valence-corrected chi connectivity index (χ0v) is 66.2. The van der Waals surface area contributed by atoms with Crippen LogP contribution in [0.25, 0.3) is 45.0 Å². The molecule has 8 heteroatoms. The van der Waals surface area contributed by atoms with E-state index in [-0.39, 0.29) is 0 Å². The summed E-state index contributed by atoms with van der Waals surface area (Å²) < 4.78 is 9.24. The molecule has 4 heterocycles. The van der Waals surface area contributed by atoms with E-state index in [0.29, 0.717) is 17.8 Å². The first kappa shape index (κ1) is 74.1. The molecule has 0 aliphatic carbocycles. The zero-order valence-electron chi connectivity index (χ0n) is 62.2. The molecule has 8 rings (SSSR count). The second-order valence-electron chi connectivity index (χ2n) is 31.3. The van der Waals surface area contributed by atoms with Crippen LogP contribution in [0.15, 0.2) is 122 Å².